The molecule has 26 heavy (non-hydrogen) atoms. The fourth-order valence-electron chi connectivity index (χ4n) is 2.15. The van der Waals surface area contributed by atoms with E-state index in [2.05, 4.69) is 0 Å². The molecule has 0 saturated carbocycles. The minimum atomic E-state index is -4.48. The van der Waals surface area contributed by atoms with Gasteiger partial charge in [-0.15, -0.1) is 0 Å². The van der Waals surface area contributed by atoms with Crippen LogP contribution in [0, 0.1) is 22.9 Å². The van der Waals surface area contributed by atoms with Crippen LogP contribution in [0.25, 0.3) is 0 Å². The van der Waals surface area contributed by atoms with Crippen LogP contribution < -0.4 is 4.31 Å². The first kappa shape index (κ1) is 19.6. The summed E-state index contributed by atoms with van der Waals surface area (Å²) in [5, 5.41) is 19.7. The van der Waals surface area contributed by atoms with Crippen LogP contribution in [0.1, 0.15) is 5.56 Å². The van der Waals surface area contributed by atoms with Crippen LogP contribution in [0.2, 0.25) is 5.02 Å². The first-order chi connectivity index (χ1) is 12.0. The Labute approximate surface area is 152 Å². The summed E-state index contributed by atoms with van der Waals surface area (Å²) in [6.07, 6.45) is 0. The number of rotatable bonds is 6. The highest BCUT2D eigenvalue weighted by Gasteiger charge is 2.29. The zero-order valence-electron chi connectivity index (χ0n) is 13.2. The van der Waals surface area contributed by atoms with Gasteiger partial charge in [0.1, 0.15) is 12.4 Å². The Bertz CT molecular complexity index is 996. The monoisotopic (exact) mass is 402 g/mol. The zero-order valence-corrected chi connectivity index (χ0v) is 14.8. The van der Waals surface area contributed by atoms with Gasteiger partial charge in [-0.3, -0.25) is 19.2 Å². The lowest BCUT2D eigenvalue weighted by atomic mass is 10.2. The number of nitro groups is 1. The summed E-state index contributed by atoms with van der Waals surface area (Å²) in [7, 11) is -4.48. The lowest BCUT2D eigenvalue weighted by Gasteiger charge is -2.23. The van der Waals surface area contributed by atoms with Gasteiger partial charge in [-0.25, -0.2) is 12.8 Å². The number of carbonyl (C=O) groups is 1. The number of carboxylic acids is 1. The molecule has 0 aliphatic heterocycles. The van der Waals surface area contributed by atoms with Gasteiger partial charge in [-0.05, 0) is 31.2 Å². The minimum Gasteiger partial charge on any atom is -0.480 e. The second kappa shape index (κ2) is 7.26. The molecule has 0 aromatic heterocycles. The van der Waals surface area contributed by atoms with Gasteiger partial charge in [-0.2, -0.15) is 0 Å². The number of aliphatic carboxylic acids is 1. The SMILES string of the molecule is Cc1ccc(S(=O)(=O)N(CC(=O)O)c2ccc(F)c(Cl)c2)cc1[N+](=O)[O-]. The lowest BCUT2D eigenvalue weighted by Crippen LogP contribution is -2.35. The molecule has 0 atom stereocenters. The van der Waals surface area contributed by atoms with Crippen LogP contribution in [0.4, 0.5) is 15.8 Å². The number of benzene rings is 2. The summed E-state index contributed by atoms with van der Waals surface area (Å²) in [5.74, 6) is -2.29. The molecule has 11 heteroatoms. The number of aryl methyl sites for hydroxylation is 1. The van der Waals surface area contributed by atoms with Crippen LogP contribution in [0.5, 0.6) is 0 Å². The van der Waals surface area contributed by atoms with E-state index in [9.17, 15) is 27.7 Å². The largest absolute Gasteiger partial charge is 0.480 e. The van der Waals surface area contributed by atoms with E-state index >= 15 is 0 Å². The Morgan fingerprint density at radius 2 is 1.96 bits per heavy atom. The van der Waals surface area contributed by atoms with E-state index in [1.54, 1.807) is 0 Å². The number of anilines is 1. The van der Waals surface area contributed by atoms with Crippen molar-refractivity contribution in [3.63, 3.8) is 0 Å². The molecular weight excluding hydrogens is 391 g/mol. The van der Waals surface area contributed by atoms with Crippen LogP contribution in [0.15, 0.2) is 41.3 Å². The number of carboxylic acid groups (broad SMARTS) is 1. The smallest absolute Gasteiger partial charge is 0.324 e. The van der Waals surface area contributed by atoms with Crippen molar-refractivity contribution in [2.45, 2.75) is 11.8 Å². The molecule has 0 aliphatic rings. The molecule has 0 unspecified atom stereocenters. The van der Waals surface area contributed by atoms with Crippen molar-refractivity contribution in [3.05, 3.63) is 62.9 Å². The molecule has 138 valence electrons. The van der Waals surface area contributed by atoms with E-state index in [-0.39, 0.29) is 11.3 Å². The second-order valence-electron chi connectivity index (χ2n) is 5.21. The summed E-state index contributed by atoms with van der Waals surface area (Å²) >= 11 is 5.64. The summed E-state index contributed by atoms with van der Waals surface area (Å²) < 4.78 is 39.5. The molecule has 0 bridgehead atoms. The van der Waals surface area contributed by atoms with E-state index in [1.165, 1.54) is 13.0 Å². The normalized spacial score (nSPS) is 11.2. The van der Waals surface area contributed by atoms with Crippen LogP contribution >= 0.6 is 11.6 Å². The van der Waals surface area contributed by atoms with Crippen molar-refractivity contribution >= 4 is 39.0 Å². The first-order valence-corrected chi connectivity index (χ1v) is 8.80. The fourth-order valence-corrected chi connectivity index (χ4v) is 3.75. The summed E-state index contributed by atoms with van der Waals surface area (Å²) in [5.41, 5.74) is -0.385. The van der Waals surface area contributed by atoms with Gasteiger partial charge in [0, 0.05) is 11.6 Å². The highest BCUT2D eigenvalue weighted by molar-refractivity contribution is 7.92. The van der Waals surface area contributed by atoms with E-state index in [0.717, 1.165) is 30.3 Å². The van der Waals surface area contributed by atoms with Crippen molar-refractivity contribution in [1.29, 1.82) is 0 Å². The zero-order chi connectivity index (χ0) is 19.6. The molecule has 8 nitrogen and oxygen atoms in total. The highest BCUT2D eigenvalue weighted by Crippen LogP contribution is 2.30. The topological polar surface area (TPSA) is 118 Å². The van der Waals surface area contributed by atoms with Gasteiger partial charge in [0.05, 0.1) is 20.5 Å². The lowest BCUT2D eigenvalue weighted by molar-refractivity contribution is -0.385. The number of nitrogens with zero attached hydrogens (tertiary/aromatic N) is 2. The summed E-state index contributed by atoms with van der Waals surface area (Å²) in [4.78, 5) is 20.9. The molecule has 0 aliphatic carbocycles. The van der Waals surface area contributed by atoms with E-state index in [1.807, 2.05) is 0 Å². The van der Waals surface area contributed by atoms with Gasteiger partial charge >= 0.3 is 5.97 Å². The third-order valence-electron chi connectivity index (χ3n) is 3.44. The minimum absolute atomic E-state index is 0.193. The van der Waals surface area contributed by atoms with Crippen LogP contribution in [-0.2, 0) is 14.8 Å². The van der Waals surface area contributed by atoms with Gasteiger partial charge in [0.15, 0.2) is 0 Å². The van der Waals surface area contributed by atoms with Crippen molar-refractivity contribution in [3.8, 4) is 0 Å². The Hall–Kier alpha value is -2.72. The molecule has 0 heterocycles. The molecule has 0 saturated heterocycles. The third kappa shape index (κ3) is 3.92. The predicted molar refractivity (Wildman–Crippen MR) is 91.4 cm³/mol. The van der Waals surface area contributed by atoms with E-state index in [4.69, 9.17) is 16.7 Å². The Morgan fingerprint density at radius 1 is 1.31 bits per heavy atom. The number of halogens is 2. The Morgan fingerprint density at radius 3 is 2.50 bits per heavy atom. The maximum Gasteiger partial charge on any atom is 0.324 e. The molecule has 0 spiro atoms. The number of sulfonamides is 1. The molecule has 2 rings (SSSR count). The van der Waals surface area contributed by atoms with Crippen molar-refractivity contribution in [2.24, 2.45) is 0 Å². The molecule has 2 aromatic carbocycles. The average Bonchev–Trinajstić information content (AvgIpc) is 2.55. The standard InChI is InChI=1S/C15H12ClFN2O6S/c1-9-2-4-11(7-14(9)19(22)23)26(24,25)18(8-15(20)21)10-3-5-13(17)12(16)6-10/h2-7H,8H2,1H3,(H,20,21). The quantitative estimate of drug-likeness (QED) is 0.586. The molecule has 1 N–H and O–H groups in total. The molecule has 0 fully saturated rings. The Kier molecular flexibility index (Phi) is 5.47. The molecular formula is C15H12ClFN2O6S. The van der Waals surface area contributed by atoms with E-state index in [0.29, 0.717) is 4.31 Å². The fraction of sp³-hybridized carbons (Fsp3) is 0.133. The molecule has 2 aromatic rings. The molecule has 0 amide bonds. The Balaban J connectivity index is 2.63. The van der Waals surface area contributed by atoms with Crippen molar-refractivity contribution in [2.75, 3.05) is 10.8 Å². The van der Waals surface area contributed by atoms with Crippen LogP contribution in [0.3, 0.4) is 0 Å². The van der Waals surface area contributed by atoms with Gasteiger partial charge in [-0.1, -0.05) is 17.7 Å². The van der Waals surface area contributed by atoms with Gasteiger partial charge < -0.3 is 5.11 Å². The second-order valence-corrected chi connectivity index (χ2v) is 7.48. The van der Waals surface area contributed by atoms with Crippen LogP contribution in [-0.4, -0.2) is 31.0 Å². The van der Waals surface area contributed by atoms with E-state index < -0.39 is 48.9 Å². The maximum atomic E-state index is 13.3. The number of hydrogen-bond donors (Lipinski definition) is 1. The van der Waals surface area contributed by atoms with Gasteiger partial charge in [0.25, 0.3) is 15.7 Å². The van der Waals surface area contributed by atoms with Crippen molar-refractivity contribution in [1.82, 2.24) is 0 Å². The average molecular weight is 403 g/mol. The summed E-state index contributed by atoms with van der Waals surface area (Å²) in [6, 6.07) is 6.09. The number of nitro benzene ring substituents is 1. The first-order valence-electron chi connectivity index (χ1n) is 6.98. The third-order valence-corrected chi connectivity index (χ3v) is 5.49. The predicted octanol–water partition coefficient (Wildman–Crippen LogP) is 2.98. The summed E-state index contributed by atoms with van der Waals surface area (Å²) in [6.45, 7) is 0.454. The maximum absolute atomic E-state index is 13.3. The highest BCUT2D eigenvalue weighted by atomic mass is 35.5. The number of hydrogen-bond acceptors (Lipinski definition) is 5. The van der Waals surface area contributed by atoms with Crippen molar-refractivity contribution < 1.29 is 27.6 Å². The van der Waals surface area contributed by atoms with Gasteiger partial charge in [0.2, 0.25) is 0 Å². The molecule has 0 radical (unpaired) electrons.